The minimum absolute atomic E-state index is 0.189. The van der Waals surface area contributed by atoms with Crippen LogP contribution in [0.5, 0.6) is 0 Å². The molecule has 3 N–H and O–H groups in total. The minimum atomic E-state index is -0.844. The number of benzene rings is 3. The number of aliphatic imine (C=N–C) groups is 1. The van der Waals surface area contributed by atoms with E-state index in [0.29, 0.717) is 24.2 Å². The highest BCUT2D eigenvalue weighted by Crippen LogP contribution is 2.23. The fourth-order valence-electron chi connectivity index (χ4n) is 3.86. The van der Waals surface area contributed by atoms with Gasteiger partial charge < -0.3 is 10.4 Å². The van der Waals surface area contributed by atoms with Crippen LogP contribution in [0, 0.1) is 12.7 Å². The van der Waals surface area contributed by atoms with Gasteiger partial charge in [0.25, 0.3) is 5.91 Å². The average molecular weight is 432 g/mol. The molecule has 0 bridgehead atoms. The van der Waals surface area contributed by atoms with E-state index < -0.39 is 12.3 Å². The number of rotatable bonds is 7. The summed E-state index contributed by atoms with van der Waals surface area (Å²) in [7, 11) is 0. The summed E-state index contributed by atoms with van der Waals surface area (Å²) < 4.78 is 13.6. The Morgan fingerprint density at radius 2 is 1.84 bits per heavy atom. The van der Waals surface area contributed by atoms with Gasteiger partial charge in [0.05, 0.1) is 17.5 Å². The van der Waals surface area contributed by atoms with E-state index in [1.807, 2.05) is 67.6 Å². The van der Waals surface area contributed by atoms with Crippen molar-refractivity contribution in [3.8, 4) is 0 Å². The lowest BCUT2D eigenvalue weighted by Gasteiger charge is -2.17. The zero-order valence-corrected chi connectivity index (χ0v) is 17.9. The maximum atomic E-state index is 13.6. The summed E-state index contributed by atoms with van der Waals surface area (Å²) in [5, 5.41) is 16.5. The van der Waals surface area contributed by atoms with Gasteiger partial charge in [-0.1, -0.05) is 54.6 Å². The molecule has 0 spiro atoms. The predicted molar refractivity (Wildman–Crippen MR) is 124 cm³/mol. The topological polar surface area (TPSA) is 73.7 Å². The van der Waals surface area contributed by atoms with Gasteiger partial charge in [-0.3, -0.25) is 15.1 Å². The first kappa shape index (κ1) is 21.9. The monoisotopic (exact) mass is 431 g/mol. The van der Waals surface area contributed by atoms with Crippen LogP contribution in [0.1, 0.15) is 28.7 Å². The number of nitrogens with zero attached hydrogens (tertiary/aromatic N) is 1. The normalized spacial score (nSPS) is 16.5. The molecule has 2 unspecified atom stereocenters. The number of halogens is 1. The van der Waals surface area contributed by atoms with Crippen molar-refractivity contribution >= 4 is 17.3 Å². The molecule has 164 valence electrons. The lowest BCUT2D eigenvalue weighted by atomic mass is 10.0. The molecule has 3 aromatic rings. The fourth-order valence-corrected chi connectivity index (χ4v) is 3.86. The molecule has 32 heavy (non-hydrogen) atoms. The van der Waals surface area contributed by atoms with E-state index in [9.17, 15) is 14.3 Å². The van der Waals surface area contributed by atoms with Crippen LogP contribution < -0.4 is 10.6 Å². The molecule has 0 aliphatic carbocycles. The SMILES string of the molecule is Cc1cc(F)cc(CCC(O)CNC2N=C(c3ccccc3)c3ccccc3NC2=O)c1. The Kier molecular flexibility index (Phi) is 6.73. The van der Waals surface area contributed by atoms with Crippen molar-refractivity contribution in [3.63, 3.8) is 0 Å². The highest BCUT2D eigenvalue weighted by atomic mass is 19.1. The number of aryl methyl sites for hydroxylation is 2. The van der Waals surface area contributed by atoms with Crippen LogP contribution in [-0.4, -0.2) is 35.5 Å². The third-order valence-electron chi connectivity index (χ3n) is 5.41. The molecule has 5 nitrogen and oxygen atoms in total. The lowest BCUT2D eigenvalue weighted by Crippen LogP contribution is -2.42. The summed E-state index contributed by atoms with van der Waals surface area (Å²) in [5.74, 6) is -0.554. The van der Waals surface area contributed by atoms with Gasteiger partial charge in [0, 0.05) is 17.7 Å². The largest absolute Gasteiger partial charge is 0.392 e. The Morgan fingerprint density at radius 3 is 2.62 bits per heavy atom. The van der Waals surface area contributed by atoms with Crippen molar-refractivity contribution in [3.05, 3.63) is 101 Å². The smallest absolute Gasteiger partial charge is 0.263 e. The first-order valence-electron chi connectivity index (χ1n) is 10.7. The number of carbonyl (C=O) groups is 1. The van der Waals surface area contributed by atoms with Crippen LogP contribution in [0.2, 0.25) is 0 Å². The predicted octanol–water partition coefficient (Wildman–Crippen LogP) is 3.83. The molecule has 2 atom stereocenters. The summed E-state index contributed by atoms with van der Waals surface area (Å²) in [4.78, 5) is 17.5. The number of fused-ring (bicyclic) bond motifs is 1. The number of aliphatic hydroxyl groups is 1. The number of hydrogen-bond donors (Lipinski definition) is 3. The van der Waals surface area contributed by atoms with Gasteiger partial charge in [-0.15, -0.1) is 0 Å². The average Bonchev–Trinajstić information content (AvgIpc) is 2.92. The number of anilines is 1. The summed E-state index contributed by atoms with van der Waals surface area (Å²) in [6, 6.07) is 22.1. The van der Waals surface area contributed by atoms with Crippen molar-refractivity contribution in [1.29, 1.82) is 0 Å². The fraction of sp³-hybridized carbons (Fsp3) is 0.231. The van der Waals surface area contributed by atoms with E-state index in [4.69, 9.17) is 4.99 Å². The van der Waals surface area contributed by atoms with Crippen LogP contribution in [0.15, 0.2) is 77.8 Å². The molecule has 0 fully saturated rings. The molecule has 6 heteroatoms. The highest BCUT2D eigenvalue weighted by molar-refractivity contribution is 6.19. The Bertz CT molecular complexity index is 1110. The minimum Gasteiger partial charge on any atom is -0.392 e. The summed E-state index contributed by atoms with van der Waals surface area (Å²) in [6.07, 6.45) is -0.557. The van der Waals surface area contributed by atoms with Gasteiger partial charge in [-0.25, -0.2) is 4.39 Å². The summed E-state index contributed by atoms with van der Waals surface area (Å²) >= 11 is 0. The molecule has 0 saturated heterocycles. The molecule has 3 aromatic carbocycles. The van der Waals surface area contributed by atoms with Crippen molar-refractivity contribution in [2.45, 2.75) is 32.0 Å². The number of para-hydroxylation sites is 1. The first-order chi connectivity index (χ1) is 15.5. The third-order valence-corrected chi connectivity index (χ3v) is 5.41. The van der Waals surface area contributed by atoms with E-state index in [1.54, 1.807) is 0 Å². The van der Waals surface area contributed by atoms with Crippen molar-refractivity contribution in [1.82, 2.24) is 5.32 Å². The second-order valence-electron chi connectivity index (χ2n) is 8.02. The van der Waals surface area contributed by atoms with Gasteiger partial charge in [0.1, 0.15) is 5.82 Å². The molecule has 1 aliphatic heterocycles. The van der Waals surface area contributed by atoms with Crippen LogP contribution in [0.25, 0.3) is 0 Å². The van der Waals surface area contributed by atoms with E-state index in [1.165, 1.54) is 12.1 Å². The van der Waals surface area contributed by atoms with Crippen LogP contribution >= 0.6 is 0 Å². The number of carbonyl (C=O) groups excluding carboxylic acids is 1. The highest BCUT2D eigenvalue weighted by Gasteiger charge is 2.25. The maximum Gasteiger partial charge on any atom is 0.263 e. The van der Waals surface area contributed by atoms with Gasteiger partial charge >= 0.3 is 0 Å². The van der Waals surface area contributed by atoms with Gasteiger partial charge in [0.2, 0.25) is 0 Å². The quantitative estimate of drug-likeness (QED) is 0.532. The molecular weight excluding hydrogens is 405 g/mol. The Balaban J connectivity index is 1.47. The zero-order chi connectivity index (χ0) is 22.5. The molecule has 4 rings (SSSR count). The molecule has 0 saturated carbocycles. The van der Waals surface area contributed by atoms with Crippen LogP contribution in [0.4, 0.5) is 10.1 Å². The Morgan fingerprint density at radius 1 is 1.09 bits per heavy atom. The van der Waals surface area contributed by atoms with Crippen molar-refractivity contribution in [2.75, 3.05) is 11.9 Å². The first-order valence-corrected chi connectivity index (χ1v) is 10.7. The van der Waals surface area contributed by atoms with Gasteiger partial charge in [-0.05, 0) is 49.1 Å². The molecule has 1 heterocycles. The lowest BCUT2D eigenvalue weighted by molar-refractivity contribution is -0.118. The number of amides is 1. The van der Waals surface area contributed by atoms with Crippen LogP contribution in [0.3, 0.4) is 0 Å². The van der Waals surface area contributed by atoms with E-state index in [-0.39, 0.29) is 18.3 Å². The van der Waals surface area contributed by atoms with Crippen molar-refractivity contribution < 1.29 is 14.3 Å². The molecule has 0 aromatic heterocycles. The van der Waals surface area contributed by atoms with Gasteiger partial charge in [-0.2, -0.15) is 0 Å². The summed E-state index contributed by atoms with van der Waals surface area (Å²) in [5.41, 5.74) is 4.86. The third kappa shape index (κ3) is 5.28. The number of aliphatic hydroxyl groups excluding tert-OH is 1. The Hall–Kier alpha value is -3.35. The second kappa shape index (κ2) is 9.85. The van der Waals surface area contributed by atoms with Gasteiger partial charge in [0.15, 0.2) is 6.17 Å². The molecule has 1 amide bonds. The molecular formula is C26H26FN3O2. The molecule has 0 radical (unpaired) electrons. The number of benzodiazepines with no additional fused rings is 1. The molecule has 1 aliphatic rings. The summed E-state index contributed by atoms with van der Waals surface area (Å²) in [6.45, 7) is 2.03. The maximum absolute atomic E-state index is 13.6. The second-order valence-corrected chi connectivity index (χ2v) is 8.02. The zero-order valence-electron chi connectivity index (χ0n) is 17.9. The Labute approximate surface area is 187 Å². The van der Waals surface area contributed by atoms with Crippen LogP contribution in [-0.2, 0) is 11.2 Å². The van der Waals surface area contributed by atoms with E-state index >= 15 is 0 Å². The standard InChI is InChI=1S/C26H26FN3O2/c1-17-13-18(15-20(27)14-17)11-12-21(31)16-28-25-26(32)29-23-10-6-5-9-22(23)24(30-25)19-7-3-2-4-8-19/h2-10,13-15,21,25,28,31H,11-12,16H2,1H3,(H,29,32). The number of hydrogen-bond acceptors (Lipinski definition) is 4. The number of nitrogens with one attached hydrogen (secondary N) is 2. The van der Waals surface area contributed by atoms with Crippen molar-refractivity contribution in [2.24, 2.45) is 4.99 Å². The van der Waals surface area contributed by atoms with E-state index in [2.05, 4.69) is 10.6 Å². The van der Waals surface area contributed by atoms with E-state index in [0.717, 1.165) is 22.3 Å².